The van der Waals surface area contributed by atoms with E-state index in [4.69, 9.17) is 0 Å². The van der Waals surface area contributed by atoms with Crippen LogP contribution in [-0.4, -0.2) is 37.0 Å². The van der Waals surface area contributed by atoms with Gasteiger partial charge >= 0.3 is 5.97 Å². The first kappa shape index (κ1) is 14.7. The molecule has 0 saturated carbocycles. The Balaban J connectivity index is 2.45. The lowest BCUT2D eigenvalue weighted by Gasteiger charge is -2.20. The summed E-state index contributed by atoms with van der Waals surface area (Å²) in [6, 6.07) is 3.99. The van der Waals surface area contributed by atoms with Crippen LogP contribution in [0.1, 0.15) is 24.6 Å². The Hall–Kier alpha value is -1.36. The number of amides is 1. The maximum absolute atomic E-state index is 12.0. The van der Waals surface area contributed by atoms with Gasteiger partial charge in [0.1, 0.15) is 6.54 Å². The van der Waals surface area contributed by atoms with Crippen LogP contribution in [-0.2, 0) is 20.7 Å². The van der Waals surface area contributed by atoms with Crippen molar-refractivity contribution < 1.29 is 14.3 Å². The lowest BCUT2D eigenvalue weighted by atomic mass is 10.2. The van der Waals surface area contributed by atoms with E-state index in [0.717, 1.165) is 12.8 Å². The van der Waals surface area contributed by atoms with Crippen molar-refractivity contribution >= 4 is 23.2 Å². The van der Waals surface area contributed by atoms with Gasteiger partial charge in [0, 0.05) is 17.8 Å². The molecule has 0 aliphatic rings. The molecule has 0 aliphatic heterocycles. The Morgan fingerprint density at radius 1 is 1.44 bits per heavy atom. The van der Waals surface area contributed by atoms with Gasteiger partial charge in [-0.2, -0.15) is 0 Å². The second-order valence-corrected chi connectivity index (χ2v) is 5.00. The van der Waals surface area contributed by atoms with E-state index in [1.807, 2.05) is 24.4 Å². The first-order valence-corrected chi connectivity index (χ1v) is 6.92. The highest BCUT2D eigenvalue weighted by Crippen LogP contribution is 2.12. The molecule has 1 amide bonds. The highest BCUT2D eigenvalue weighted by atomic mass is 32.1. The minimum atomic E-state index is -0.368. The van der Waals surface area contributed by atoms with E-state index in [1.54, 1.807) is 16.2 Å². The van der Waals surface area contributed by atoms with Crippen LogP contribution in [0.15, 0.2) is 17.5 Å². The highest BCUT2D eigenvalue weighted by Gasteiger charge is 2.16. The number of esters is 1. The van der Waals surface area contributed by atoms with Crippen molar-refractivity contribution in [3.8, 4) is 0 Å². The normalized spacial score (nSPS) is 10.1. The number of hydrogen-bond acceptors (Lipinski definition) is 4. The first-order valence-electron chi connectivity index (χ1n) is 6.04. The van der Waals surface area contributed by atoms with Crippen LogP contribution in [0.4, 0.5) is 0 Å². The molecule has 1 aromatic heterocycles. The summed E-state index contributed by atoms with van der Waals surface area (Å²) < 4.78 is 4.60. The minimum Gasteiger partial charge on any atom is -0.468 e. The van der Waals surface area contributed by atoms with Crippen molar-refractivity contribution in [3.05, 3.63) is 22.4 Å². The summed E-state index contributed by atoms with van der Waals surface area (Å²) in [6.07, 6.45) is 2.01. The van der Waals surface area contributed by atoms with Crippen LogP contribution in [0.25, 0.3) is 0 Å². The summed E-state index contributed by atoms with van der Waals surface area (Å²) in [6.45, 7) is 2.63. The zero-order chi connectivity index (χ0) is 13.4. The topological polar surface area (TPSA) is 46.6 Å². The van der Waals surface area contributed by atoms with E-state index in [-0.39, 0.29) is 18.4 Å². The van der Waals surface area contributed by atoms with Crippen molar-refractivity contribution in [2.24, 2.45) is 0 Å². The molecule has 0 N–H and O–H groups in total. The molecule has 0 spiro atoms. The molecular formula is C13H19NO3S. The quantitative estimate of drug-likeness (QED) is 0.712. The number of carbonyl (C=O) groups excluding carboxylic acids is 2. The smallest absolute Gasteiger partial charge is 0.325 e. The van der Waals surface area contributed by atoms with Crippen LogP contribution in [0.3, 0.4) is 0 Å². The Labute approximate surface area is 112 Å². The van der Waals surface area contributed by atoms with E-state index >= 15 is 0 Å². The van der Waals surface area contributed by atoms with Crippen molar-refractivity contribution in [1.29, 1.82) is 0 Å². The molecule has 0 fully saturated rings. The van der Waals surface area contributed by atoms with E-state index in [1.165, 1.54) is 12.0 Å². The van der Waals surface area contributed by atoms with Gasteiger partial charge in [0.25, 0.3) is 0 Å². The molecule has 0 aliphatic carbocycles. The predicted octanol–water partition coefficient (Wildman–Crippen LogP) is 2.09. The summed E-state index contributed by atoms with van der Waals surface area (Å²) in [7, 11) is 1.34. The zero-order valence-corrected chi connectivity index (χ0v) is 11.7. The second kappa shape index (κ2) is 7.87. The van der Waals surface area contributed by atoms with Gasteiger partial charge in [0.05, 0.1) is 7.11 Å². The first-order chi connectivity index (χ1) is 8.67. The fourth-order valence-corrected chi connectivity index (χ4v) is 2.33. The Morgan fingerprint density at radius 3 is 2.78 bits per heavy atom. The van der Waals surface area contributed by atoms with Gasteiger partial charge in [-0.25, -0.2) is 0 Å². The third-order valence-electron chi connectivity index (χ3n) is 2.56. The van der Waals surface area contributed by atoms with Crippen LogP contribution in [0.2, 0.25) is 0 Å². The Bertz CT molecular complexity index is 376. The zero-order valence-electron chi connectivity index (χ0n) is 10.8. The maximum Gasteiger partial charge on any atom is 0.325 e. The van der Waals surface area contributed by atoms with Crippen LogP contribution < -0.4 is 0 Å². The number of carbonyl (C=O) groups is 2. The van der Waals surface area contributed by atoms with Crippen LogP contribution in [0, 0.1) is 0 Å². The highest BCUT2D eigenvalue weighted by molar-refractivity contribution is 7.09. The standard InChI is InChI=1S/C13H19NO3S/c1-3-8-14(10-13(16)17-2)12(15)7-6-11-5-4-9-18-11/h4-5,9H,3,6-8,10H2,1-2H3. The molecule has 0 radical (unpaired) electrons. The van der Waals surface area contributed by atoms with E-state index < -0.39 is 0 Å². The third-order valence-corrected chi connectivity index (χ3v) is 3.50. The molecule has 0 aromatic carbocycles. The number of nitrogens with zero attached hydrogens (tertiary/aromatic N) is 1. The molecule has 1 rings (SSSR count). The summed E-state index contributed by atoms with van der Waals surface area (Å²) in [4.78, 5) is 26.0. The van der Waals surface area contributed by atoms with Crippen LogP contribution in [0.5, 0.6) is 0 Å². The number of rotatable bonds is 7. The number of aryl methyl sites for hydroxylation is 1. The van der Waals surface area contributed by atoms with Gasteiger partial charge < -0.3 is 9.64 Å². The summed E-state index contributed by atoms with van der Waals surface area (Å²) in [5.74, 6) is -0.358. The van der Waals surface area contributed by atoms with Gasteiger partial charge in [-0.15, -0.1) is 11.3 Å². The minimum absolute atomic E-state index is 0.00986. The van der Waals surface area contributed by atoms with Crippen molar-refractivity contribution in [2.45, 2.75) is 26.2 Å². The molecule has 0 saturated heterocycles. The Kier molecular flexibility index (Phi) is 6.43. The SMILES string of the molecule is CCCN(CC(=O)OC)C(=O)CCc1cccs1. The monoisotopic (exact) mass is 269 g/mol. The van der Waals surface area contributed by atoms with E-state index in [2.05, 4.69) is 4.74 Å². The number of ether oxygens (including phenoxy) is 1. The van der Waals surface area contributed by atoms with Gasteiger partial charge in [-0.3, -0.25) is 9.59 Å². The fourth-order valence-electron chi connectivity index (χ4n) is 1.63. The van der Waals surface area contributed by atoms with Gasteiger partial charge in [0.2, 0.25) is 5.91 Å². The van der Waals surface area contributed by atoms with E-state index in [0.29, 0.717) is 13.0 Å². The largest absolute Gasteiger partial charge is 0.468 e. The number of hydrogen-bond donors (Lipinski definition) is 0. The predicted molar refractivity (Wildman–Crippen MR) is 71.5 cm³/mol. The van der Waals surface area contributed by atoms with Crippen LogP contribution >= 0.6 is 11.3 Å². The van der Waals surface area contributed by atoms with Gasteiger partial charge in [-0.1, -0.05) is 13.0 Å². The Morgan fingerprint density at radius 2 is 2.22 bits per heavy atom. The summed E-state index contributed by atoms with van der Waals surface area (Å²) in [5, 5.41) is 2.00. The number of thiophene rings is 1. The van der Waals surface area contributed by atoms with Gasteiger partial charge in [0.15, 0.2) is 0 Å². The van der Waals surface area contributed by atoms with Crippen molar-refractivity contribution in [2.75, 3.05) is 20.2 Å². The van der Waals surface area contributed by atoms with E-state index in [9.17, 15) is 9.59 Å². The lowest BCUT2D eigenvalue weighted by Crippen LogP contribution is -2.36. The third kappa shape index (κ3) is 4.87. The average Bonchev–Trinajstić information content (AvgIpc) is 2.88. The molecular weight excluding hydrogens is 250 g/mol. The fraction of sp³-hybridized carbons (Fsp3) is 0.538. The molecule has 0 atom stereocenters. The number of methoxy groups -OCH3 is 1. The molecule has 1 heterocycles. The summed E-state index contributed by atoms with van der Waals surface area (Å²) in [5.41, 5.74) is 0. The average molecular weight is 269 g/mol. The second-order valence-electron chi connectivity index (χ2n) is 3.97. The lowest BCUT2D eigenvalue weighted by molar-refractivity contribution is -0.147. The molecule has 100 valence electrons. The van der Waals surface area contributed by atoms with Crippen molar-refractivity contribution in [1.82, 2.24) is 4.90 Å². The van der Waals surface area contributed by atoms with Crippen molar-refractivity contribution in [3.63, 3.8) is 0 Å². The molecule has 0 unspecified atom stereocenters. The molecule has 1 aromatic rings. The summed E-state index contributed by atoms with van der Waals surface area (Å²) >= 11 is 1.65. The molecule has 0 bridgehead atoms. The molecule has 5 heteroatoms. The van der Waals surface area contributed by atoms with Gasteiger partial charge in [-0.05, 0) is 24.3 Å². The maximum atomic E-state index is 12.0. The molecule has 18 heavy (non-hydrogen) atoms. The molecule has 4 nitrogen and oxygen atoms in total.